The Morgan fingerprint density at radius 2 is 2.11 bits per heavy atom. The maximum absolute atomic E-state index is 12.9. The molecule has 4 aromatic rings. The number of amides is 1. The molecule has 8 heteroatoms. The number of hydrogen-bond donors (Lipinski definition) is 1. The Bertz CT molecular complexity index is 1110. The van der Waals surface area contributed by atoms with Crippen LogP contribution in [0.5, 0.6) is 0 Å². The Hall–Kier alpha value is -3.00. The van der Waals surface area contributed by atoms with E-state index >= 15 is 0 Å². The number of rotatable bonds is 5. The topological polar surface area (TPSA) is 94.1 Å². The third-order valence-electron chi connectivity index (χ3n) is 4.29. The van der Waals surface area contributed by atoms with Gasteiger partial charge in [-0.05, 0) is 32.9 Å². The summed E-state index contributed by atoms with van der Waals surface area (Å²) in [5, 5.41) is 10.5. The van der Waals surface area contributed by atoms with Crippen LogP contribution < -0.4 is 5.32 Å². The molecule has 0 atom stereocenters. The summed E-state index contributed by atoms with van der Waals surface area (Å²) in [5.74, 6) is 1.34. The molecule has 0 aliphatic carbocycles. The second-order valence-corrected chi connectivity index (χ2v) is 7.24. The summed E-state index contributed by atoms with van der Waals surface area (Å²) in [6.07, 6.45) is 2.45. The van der Waals surface area contributed by atoms with E-state index in [1.807, 2.05) is 25.3 Å². The summed E-state index contributed by atoms with van der Waals surface area (Å²) in [6, 6.07) is 3.67. The van der Waals surface area contributed by atoms with Crippen LogP contribution in [-0.2, 0) is 6.42 Å². The SMILES string of the molecule is Cc1cc(-c2cc(C(=O)NCCc3nccs3)c3c(C)noc3n2)c(C)o1. The van der Waals surface area contributed by atoms with E-state index in [-0.39, 0.29) is 5.91 Å². The van der Waals surface area contributed by atoms with Gasteiger partial charge in [-0.3, -0.25) is 4.79 Å². The van der Waals surface area contributed by atoms with Crippen LogP contribution in [-0.4, -0.2) is 27.6 Å². The van der Waals surface area contributed by atoms with E-state index in [1.165, 1.54) is 0 Å². The van der Waals surface area contributed by atoms with Crippen LogP contribution in [0, 0.1) is 20.8 Å². The molecule has 0 saturated heterocycles. The van der Waals surface area contributed by atoms with Crippen molar-refractivity contribution in [3.8, 4) is 11.3 Å². The van der Waals surface area contributed by atoms with E-state index in [4.69, 9.17) is 8.94 Å². The van der Waals surface area contributed by atoms with Gasteiger partial charge in [-0.25, -0.2) is 9.97 Å². The van der Waals surface area contributed by atoms with Gasteiger partial charge in [0.1, 0.15) is 11.5 Å². The number of thiazole rings is 1. The summed E-state index contributed by atoms with van der Waals surface area (Å²) in [4.78, 5) is 21.6. The largest absolute Gasteiger partial charge is 0.466 e. The lowest BCUT2D eigenvalue weighted by molar-refractivity contribution is 0.0955. The maximum atomic E-state index is 12.9. The predicted molar refractivity (Wildman–Crippen MR) is 102 cm³/mol. The molecule has 0 radical (unpaired) electrons. The molecule has 0 fully saturated rings. The molecule has 138 valence electrons. The van der Waals surface area contributed by atoms with Crippen molar-refractivity contribution in [1.29, 1.82) is 0 Å². The fourth-order valence-corrected chi connectivity index (χ4v) is 3.67. The minimum atomic E-state index is -0.190. The molecule has 0 aliphatic rings. The van der Waals surface area contributed by atoms with Gasteiger partial charge in [-0.2, -0.15) is 0 Å². The Labute approximate surface area is 159 Å². The Kier molecular flexibility index (Phi) is 4.49. The number of hydrogen-bond acceptors (Lipinski definition) is 7. The van der Waals surface area contributed by atoms with Gasteiger partial charge < -0.3 is 14.3 Å². The molecular formula is C19H18N4O3S. The zero-order chi connectivity index (χ0) is 19.0. The van der Waals surface area contributed by atoms with Gasteiger partial charge in [-0.1, -0.05) is 5.16 Å². The highest BCUT2D eigenvalue weighted by Crippen LogP contribution is 2.30. The lowest BCUT2D eigenvalue weighted by Crippen LogP contribution is -2.26. The first-order valence-corrected chi connectivity index (χ1v) is 9.42. The van der Waals surface area contributed by atoms with E-state index < -0.39 is 0 Å². The minimum absolute atomic E-state index is 0.190. The molecule has 0 saturated carbocycles. The zero-order valence-corrected chi connectivity index (χ0v) is 16.0. The highest BCUT2D eigenvalue weighted by Gasteiger charge is 2.20. The van der Waals surface area contributed by atoms with E-state index in [2.05, 4.69) is 20.4 Å². The van der Waals surface area contributed by atoms with Crippen LogP contribution in [0.15, 0.2) is 32.6 Å². The number of aryl methyl sites for hydroxylation is 3. The highest BCUT2D eigenvalue weighted by molar-refractivity contribution is 7.09. The van der Waals surface area contributed by atoms with E-state index in [1.54, 1.807) is 30.5 Å². The maximum Gasteiger partial charge on any atom is 0.259 e. The van der Waals surface area contributed by atoms with E-state index in [9.17, 15) is 4.79 Å². The average molecular weight is 382 g/mol. The summed E-state index contributed by atoms with van der Waals surface area (Å²) in [5.41, 5.74) is 2.92. The molecule has 0 bridgehead atoms. The number of aromatic nitrogens is 3. The van der Waals surface area contributed by atoms with E-state index in [0.717, 1.165) is 22.1 Å². The number of pyridine rings is 1. The summed E-state index contributed by atoms with van der Waals surface area (Å²) in [6.45, 7) is 6.04. The van der Waals surface area contributed by atoms with Crippen LogP contribution in [0.4, 0.5) is 0 Å². The lowest BCUT2D eigenvalue weighted by Gasteiger charge is -2.07. The molecular weight excluding hydrogens is 364 g/mol. The molecule has 7 nitrogen and oxygen atoms in total. The standard InChI is InChI=1S/C19H18N4O3S/c1-10-8-13(12(3)25-10)15-9-14(17-11(2)23-26-19(17)22-15)18(24)21-5-4-16-20-6-7-27-16/h6-9H,4-5H2,1-3H3,(H,21,24). The monoisotopic (exact) mass is 382 g/mol. The molecule has 1 amide bonds. The number of carbonyl (C=O) groups is 1. The Balaban J connectivity index is 1.68. The first kappa shape index (κ1) is 17.4. The van der Waals surface area contributed by atoms with Gasteiger partial charge in [0.15, 0.2) is 0 Å². The van der Waals surface area contributed by atoms with Crippen LogP contribution in [0.1, 0.15) is 32.6 Å². The van der Waals surface area contributed by atoms with Crippen LogP contribution in [0.25, 0.3) is 22.4 Å². The first-order valence-electron chi connectivity index (χ1n) is 8.54. The minimum Gasteiger partial charge on any atom is -0.466 e. The molecule has 4 heterocycles. The van der Waals surface area contributed by atoms with Gasteiger partial charge in [-0.15, -0.1) is 11.3 Å². The van der Waals surface area contributed by atoms with Crippen LogP contribution >= 0.6 is 11.3 Å². The molecule has 0 aliphatic heterocycles. The van der Waals surface area contributed by atoms with Gasteiger partial charge in [0.25, 0.3) is 11.6 Å². The smallest absolute Gasteiger partial charge is 0.259 e. The third-order valence-corrected chi connectivity index (χ3v) is 5.13. The molecule has 27 heavy (non-hydrogen) atoms. The second-order valence-electron chi connectivity index (χ2n) is 6.26. The van der Waals surface area contributed by atoms with Crippen molar-refractivity contribution in [2.24, 2.45) is 0 Å². The lowest BCUT2D eigenvalue weighted by atomic mass is 10.1. The number of nitrogens with one attached hydrogen (secondary N) is 1. The normalized spacial score (nSPS) is 11.2. The van der Waals surface area contributed by atoms with Gasteiger partial charge in [0.05, 0.1) is 27.3 Å². The number of fused-ring (bicyclic) bond motifs is 1. The van der Waals surface area contributed by atoms with Crippen molar-refractivity contribution >= 4 is 28.3 Å². The molecule has 0 spiro atoms. The summed E-state index contributed by atoms with van der Waals surface area (Å²) in [7, 11) is 0. The fourth-order valence-electron chi connectivity index (χ4n) is 3.05. The van der Waals surface area contributed by atoms with Crippen molar-refractivity contribution < 1.29 is 13.7 Å². The molecule has 0 aromatic carbocycles. The predicted octanol–water partition coefficient (Wildman–Crippen LogP) is 3.84. The number of carbonyl (C=O) groups excluding carboxylic acids is 1. The average Bonchev–Trinajstić information content (AvgIpc) is 3.36. The number of nitrogens with zero attached hydrogens (tertiary/aromatic N) is 3. The van der Waals surface area contributed by atoms with Crippen molar-refractivity contribution in [3.05, 3.63) is 51.5 Å². The zero-order valence-electron chi connectivity index (χ0n) is 15.2. The Morgan fingerprint density at radius 3 is 2.81 bits per heavy atom. The van der Waals surface area contributed by atoms with Gasteiger partial charge in [0, 0.05) is 30.1 Å². The first-order chi connectivity index (χ1) is 13.0. The molecule has 1 N–H and O–H groups in total. The van der Waals surface area contributed by atoms with E-state index in [0.29, 0.717) is 41.0 Å². The van der Waals surface area contributed by atoms with Gasteiger partial charge >= 0.3 is 0 Å². The van der Waals surface area contributed by atoms with Gasteiger partial charge in [0.2, 0.25) is 0 Å². The van der Waals surface area contributed by atoms with Crippen molar-refractivity contribution in [3.63, 3.8) is 0 Å². The van der Waals surface area contributed by atoms with Crippen molar-refractivity contribution in [2.45, 2.75) is 27.2 Å². The third kappa shape index (κ3) is 3.35. The molecule has 0 unspecified atom stereocenters. The van der Waals surface area contributed by atoms with Crippen molar-refractivity contribution in [2.75, 3.05) is 6.54 Å². The van der Waals surface area contributed by atoms with Crippen LogP contribution in [0.3, 0.4) is 0 Å². The number of furan rings is 1. The quantitative estimate of drug-likeness (QED) is 0.564. The van der Waals surface area contributed by atoms with Crippen molar-refractivity contribution in [1.82, 2.24) is 20.4 Å². The fraction of sp³-hybridized carbons (Fsp3) is 0.263. The highest BCUT2D eigenvalue weighted by atomic mass is 32.1. The molecule has 4 rings (SSSR count). The van der Waals surface area contributed by atoms with Crippen LogP contribution in [0.2, 0.25) is 0 Å². The summed E-state index contributed by atoms with van der Waals surface area (Å²) >= 11 is 1.57. The Morgan fingerprint density at radius 1 is 1.26 bits per heavy atom. The summed E-state index contributed by atoms with van der Waals surface area (Å²) < 4.78 is 10.9. The second kappa shape index (κ2) is 6.96. The molecule has 4 aromatic heterocycles.